The zero-order chi connectivity index (χ0) is 17.3. The Labute approximate surface area is 141 Å². The molecule has 1 heterocycles. The maximum Gasteiger partial charge on any atom is 0.305 e. The summed E-state index contributed by atoms with van der Waals surface area (Å²) >= 11 is 3.24. The zero-order valence-electron chi connectivity index (χ0n) is 12.6. The lowest BCUT2D eigenvalue weighted by atomic mass is 10.1. The average Bonchev–Trinajstić information content (AvgIpc) is 2.74. The minimum absolute atomic E-state index is 0.00717. The van der Waals surface area contributed by atoms with Crippen molar-refractivity contribution in [3.63, 3.8) is 0 Å². The lowest BCUT2D eigenvalue weighted by Crippen LogP contribution is -2.48. The highest BCUT2D eigenvalue weighted by atomic mass is 79.9. The first-order valence-corrected chi connectivity index (χ1v) is 7.67. The molecule has 7 nitrogen and oxygen atoms in total. The summed E-state index contributed by atoms with van der Waals surface area (Å²) in [6.07, 6.45) is -0.204. The van der Waals surface area contributed by atoms with Gasteiger partial charge >= 0.3 is 5.97 Å². The molecule has 0 aromatic heterocycles. The van der Waals surface area contributed by atoms with Crippen LogP contribution in [0.3, 0.4) is 0 Å². The molecule has 122 valence electrons. The molecular formula is C15H15BrN2O5. The van der Waals surface area contributed by atoms with E-state index in [1.807, 2.05) is 0 Å². The second-order valence-corrected chi connectivity index (χ2v) is 6.17. The van der Waals surface area contributed by atoms with Gasteiger partial charge in [-0.15, -0.1) is 0 Å². The zero-order valence-corrected chi connectivity index (χ0v) is 14.2. The van der Waals surface area contributed by atoms with E-state index in [-0.39, 0.29) is 24.1 Å². The normalized spacial score (nSPS) is 14.7. The van der Waals surface area contributed by atoms with Crippen LogP contribution in [-0.2, 0) is 9.59 Å². The third-order valence-corrected chi connectivity index (χ3v) is 4.16. The van der Waals surface area contributed by atoms with Gasteiger partial charge in [0.15, 0.2) is 0 Å². The number of carbonyl (C=O) groups is 4. The monoisotopic (exact) mass is 382 g/mol. The first kappa shape index (κ1) is 17.1. The highest BCUT2D eigenvalue weighted by Crippen LogP contribution is 2.27. The first-order valence-electron chi connectivity index (χ1n) is 6.88. The van der Waals surface area contributed by atoms with Crippen LogP contribution in [0.4, 0.5) is 0 Å². The Morgan fingerprint density at radius 1 is 1.26 bits per heavy atom. The maximum absolute atomic E-state index is 12.4. The fourth-order valence-electron chi connectivity index (χ4n) is 2.39. The summed E-state index contributed by atoms with van der Waals surface area (Å²) in [6.45, 7) is 1.46. The summed E-state index contributed by atoms with van der Waals surface area (Å²) < 4.78 is 0.664. The molecule has 1 aromatic carbocycles. The molecule has 8 heteroatoms. The van der Waals surface area contributed by atoms with Crippen LogP contribution in [0.1, 0.15) is 34.1 Å². The van der Waals surface area contributed by atoms with Gasteiger partial charge in [0.05, 0.1) is 17.5 Å². The molecule has 0 aliphatic carbocycles. The molecule has 1 aromatic rings. The Bertz CT molecular complexity index is 703. The highest BCUT2D eigenvalue weighted by Gasteiger charge is 2.41. The van der Waals surface area contributed by atoms with Crippen molar-refractivity contribution in [2.24, 2.45) is 0 Å². The molecule has 1 N–H and O–H groups in total. The Morgan fingerprint density at radius 2 is 1.87 bits per heavy atom. The second-order valence-electron chi connectivity index (χ2n) is 5.25. The van der Waals surface area contributed by atoms with Gasteiger partial charge in [-0.2, -0.15) is 0 Å². The number of hydrogen-bond donors (Lipinski definition) is 1. The number of carbonyl (C=O) groups excluding carboxylic acids is 3. The van der Waals surface area contributed by atoms with Crippen LogP contribution in [0.5, 0.6) is 0 Å². The number of imide groups is 1. The van der Waals surface area contributed by atoms with E-state index in [1.54, 1.807) is 12.1 Å². The van der Waals surface area contributed by atoms with Crippen molar-refractivity contribution in [1.29, 1.82) is 0 Å². The maximum atomic E-state index is 12.4. The van der Waals surface area contributed by atoms with Gasteiger partial charge in [0, 0.05) is 18.1 Å². The number of carboxylic acids is 1. The quantitative estimate of drug-likeness (QED) is 0.775. The Kier molecular flexibility index (Phi) is 4.84. The Hall–Kier alpha value is -2.22. The first-order chi connectivity index (χ1) is 10.7. The molecule has 0 fully saturated rings. The van der Waals surface area contributed by atoms with Crippen molar-refractivity contribution < 1.29 is 24.3 Å². The molecule has 0 radical (unpaired) electrons. The van der Waals surface area contributed by atoms with Gasteiger partial charge in [-0.1, -0.05) is 15.9 Å². The molecule has 1 atom stereocenters. The molecule has 0 saturated carbocycles. The molecular weight excluding hydrogens is 368 g/mol. The minimum Gasteiger partial charge on any atom is -0.481 e. The average molecular weight is 383 g/mol. The number of nitrogens with zero attached hydrogens (tertiary/aromatic N) is 2. The van der Waals surface area contributed by atoms with E-state index in [4.69, 9.17) is 5.11 Å². The molecule has 3 amide bonds. The number of amides is 3. The lowest BCUT2D eigenvalue weighted by Gasteiger charge is -2.26. The van der Waals surface area contributed by atoms with Crippen molar-refractivity contribution in [2.45, 2.75) is 19.4 Å². The number of halogens is 1. The fourth-order valence-corrected chi connectivity index (χ4v) is 2.75. The standard InChI is InChI=1S/C15H15BrN2O5/c1-8(13(21)17(2)6-5-12(19)20)18-14(22)10-4-3-9(16)7-11(10)15(18)23/h3-4,7-8H,5-6H2,1-2H3,(H,19,20). The third kappa shape index (κ3) is 3.26. The fraction of sp³-hybridized carbons (Fsp3) is 0.333. The summed E-state index contributed by atoms with van der Waals surface area (Å²) in [5, 5.41) is 8.66. The predicted octanol–water partition coefficient (Wildman–Crippen LogP) is 1.37. The number of aliphatic carboxylic acids is 1. The van der Waals surface area contributed by atoms with Crippen molar-refractivity contribution in [2.75, 3.05) is 13.6 Å². The molecule has 0 spiro atoms. The SMILES string of the molecule is CC(C(=O)N(C)CCC(=O)O)N1C(=O)c2ccc(Br)cc2C1=O. The van der Waals surface area contributed by atoms with Crippen molar-refractivity contribution in [3.05, 3.63) is 33.8 Å². The van der Waals surface area contributed by atoms with Crippen LogP contribution in [0.15, 0.2) is 22.7 Å². The third-order valence-electron chi connectivity index (χ3n) is 3.66. The Balaban J connectivity index is 2.19. The topological polar surface area (TPSA) is 95.0 Å². The lowest BCUT2D eigenvalue weighted by molar-refractivity contribution is -0.139. The summed E-state index contributed by atoms with van der Waals surface area (Å²) in [4.78, 5) is 49.8. The van der Waals surface area contributed by atoms with E-state index in [9.17, 15) is 19.2 Å². The van der Waals surface area contributed by atoms with Crippen LogP contribution in [0.2, 0.25) is 0 Å². The van der Waals surface area contributed by atoms with Crippen LogP contribution in [-0.4, -0.2) is 58.2 Å². The molecule has 23 heavy (non-hydrogen) atoms. The van der Waals surface area contributed by atoms with Crippen molar-refractivity contribution in [3.8, 4) is 0 Å². The summed E-state index contributed by atoms with van der Waals surface area (Å²) in [5.41, 5.74) is 0.503. The number of likely N-dealkylation sites (N-methyl/N-ethyl adjacent to an activating group) is 1. The van der Waals surface area contributed by atoms with Gasteiger partial charge in [0.1, 0.15) is 6.04 Å². The van der Waals surface area contributed by atoms with Crippen LogP contribution < -0.4 is 0 Å². The highest BCUT2D eigenvalue weighted by molar-refractivity contribution is 9.10. The van der Waals surface area contributed by atoms with Crippen LogP contribution in [0.25, 0.3) is 0 Å². The minimum atomic E-state index is -1.03. The molecule has 1 unspecified atom stereocenters. The summed E-state index contributed by atoms with van der Waals surface area (Å²) in [7, 11) is 1.44. The second kappa shape index (κ2) is 6.49. The van der Waals surface area contributed by atoms with Gasteiger partial charge in [-0.05, 0) is 25.1 Å². The van der Waals surface area contributed by atoms with E-state index in [2.05, 4.69) is 15.9 Å². The molecule has 2 rings (SSSR count). The van der Waals surface area contributed by atoms with Crippen LogP contribution in [0, 0.1) is 0 Å². The van der Waals surface area contributed by atoms with E-state index in [0.717, 1.165) is 4.90 Å². The largest absolute Gasteiger partial charge is 0.481 e. The van der Waals surface area contributed by atoms with Gasteiger partial charge in [0.25, 0.3) is 11.8 Å². The number of benzene rings is 1. The molecule has 1 aliphatic heterocycles. The number of rotatable bonds is 5. The van der Waals surface area contributed by atoms with Crippen molar-refractivity contribution >= 4 is 39.6 Å². The predicted molar refractivity (Wildman–Crippen MR) is 84.0 cm³/mol. The van der Waals surface area contributed by atoms with Gasteiger partial charge < -0.3 is 10.0 Å². The van der Waals surface area contributed by atoms with E-state index in [0.29, 0.717) is 4.47 Å². The van der Waals surface area contributed by atoms with Gasteiger partial charge in [-0.25, -0.2) is 0 Å². The molecule has 1 aliphatic rings. The van der Waals surface area contributed by atoms with Gasteiger partial charge in [-0.3, -0.25) is 24.1 Å². The van der Waals surface area contributed by atoms with Gasteiger partial charge in [0.2, 0.25) is 5.91 Å². The van der Waals surface area contributed by atoms with E-state index >= 15 is 0 Å². The number of hydrogen-bond acceptors (Lipinski definition) is 4. The van der Waals surface area contributed by atoms with E-state index in [1.165, 1.54) is 24.9 Å². The summed E-state index contributed by atoms with van der Waals surface area (Å²) in [5.74, 6) is -2.56. The van der Waals surface area contributed by atoms with E-state index < -0.39 is 29.7 Å². The number of fused-ring (bicyclic) bond motifs is 1. The molecule has 0 saturated heterocycles. The number of carboxylic acid groups (broad SMARTS) is 1. The van der Waals surface area contributed by atoms with Crippen LogP contribution >= 0.6 is 15.9 Å². The van der Waals surface area contributed by atoms with Crippen molar-refractivity contribution in [1.82, 2.24) is 9.80 Å². The molecule has 0 bridgehead atoms. The smallest absolute Gasteiger partial charge is 0.305 e. The summed E-state index contributed by atoms with van der Waals surface area (Å²) in [6, 6.07) is 3.73. The Morgan fingerprint density at radius 3 is 2.48 bits per heavy atom.